The summed E-state index contributed by atoms with van der Waals surface area (Å²) in [5.74, 6) is 0. The number of benzene rings is 1. The number of piperazine rings is 1. The number of nitrogens with one attached hydrogen (secondary N) is 1. The third-order valence-electron chi connectivity index (χ3n) is 5.57. The highest BCUT2D eigenvalue weighted by molar-refractivity contribution is 7.89. The van der Waals surface area contributed by atoms with Crippen LogP contribution in [0.1, 0.15) is 24.8 Å². The van der Waals surface area contributed by atoms with Crippen molar-refractivity contribution in [2.45, 2.75) is 24.2 Å². The normalized spacial score (nSPS) is 18.8. The van der Waals surface area contributed by atoms with E-state index in [4.69, 9.17) is 11.6 Å². The number of rotatable bonds is 5. The molecule has 0 unspecified atom stereocenters. The van der Waals surface area contributed by atoms with Crippen molar-refractivity contribution < 1.29 is 13.4 Å². The molecule has 30 heavy (non-hydrogen) atoms. The fourth-order valence-electron chi connectivity index (χ4n) is 3.87. The first-order valence-electron chi connectivity index (χ1n) is 10.3. The lowest BCUT2D eigenvalue weighted by Gasteiger charge is -2.35. The van der Waals surface area contributed by atoms with E-state index >= 15 is 0 Å². The summed E-state index contributed by atoms with van der Waals surface area (Å²) in [6.07, 6.45) is 8.18. The van der Waals surface area contributed by atoms with Gasteiger partial charge in [0.2, 0.25) is 0 Å². The first kappa shape index (κ1) is 21.1. The molecule has 7 nitrogen and oxygen atoms in total. The number of aromatic nitrogens is 1. The summed E-state index contributed by atoms with van der Waals surface area (Å²) in [5.41, 5.74) is 1.76. The molecular weight excluding hydrogens is 422 g/mol. The summed E-state index contributed by atoms with van der Waals surface area (Å²) < 4.78 is 28.1. The van der Waals surface area contributed by atoms with Crippen molar-refractivity contribution in [1.82, 2.24) is 9.31 Å². The standard InChI is InChI=1S/C21H26ClN5O2S/c22-19-6-4-18(5-7-19)16-24-26-14-12-25(13-15-26)20-8-9-23-17-21(20)30(28,29)27-10-2-1-3-11-27/h4-9,16-17H,1-3,10-15H2/p+1/b24-16-. The molecule has 2 aliphatic rings. The smallest absolute Gasteiger partial charge is 0.251 e. The lowest BCUT2D eigenvalue weighted by atomic mass is 10.2. The quantitative estimate of drug-likeness (QED) is 0.659. The number of hydrazone groups is 1. The highest BCUT2D eigenvalue weighted by Gasteiger charge is 2.32. The Morgan fingerprint density at radius 2 is 1.63 bits per heavy atom. The fourth-order valence-corrected chi connectivity index (χ4v) is 5.69. The number of hydrogen-bond acceptors (Lipinski definition) is 5. The van der Waals surface area contributed by atoms with Gasteiger partial charge in [0, 0.05) is 37.3 Å². The number of anilines is 1. The van der Waals surface area contributed by atoms with Crippen LogP contribution in [0.2, 0.25) is 5.02 Å². The van der Waals surface area contributed by atoms with Gasteiger partial charge in [0.1, 0.15) is 0 Å². The fraction of sp³-hybridized carbons (Fsp3) is 0.429. The number of pyridine rings is 1. The number of H-pyrrole nitrogens is 1. The number of piperidine rings is 1. The van der Waals surface area contributed by atoms with E-state index in [-0.39, 0.29) is 0 Å². The van der Waals surface area contributed by atoms with Crippen molar-refractivity contribution in [2.75, 3.05) is 44.2 Å². The Labute approximate surface area is 183 Å². The summed E-state index contributed by atoms with van der Waals surface area (Å²) in [5, 5.41) is 7.28. The molecule has 0 bridgehead atoms. The molecule has 9 heteroatoms. The first-order valence-corrected chi connectivity index (χ1v) is 12.2. The van der Waals surface area contributed by atoms with Gasteiger partial charge in [-0.2, -0.15) is 9.41 Å². The minimum Gasteiger partial charge on any atom is -0.366 e. The van der Waals surface area contributed by atoms with Gasteiger partial charge in [-0.1, -0.05) is 30.2 Å². The van der Waals surface area contributed by atoms with Crippen LogP contribution in [0.15, 0.2) is 52.7 Å². The Bertz CT molecular complexity index is 983. The van der Waals surface area contributed by atoms with E-state index in [0.717, 1.165) is 43.6 Å². The monoisotopic (exact) mass is 448 g/mol. The van der Waals surface area contributed by atoms with E-state index in [1.54, 1.807) is 16.7 Å². The van der Waals surface area contributed by atoms with Crippen LogP contribution in [0.5, 0.6) is 0 Å². The predicted molar refractivity (Wildman–Crippen MR) is 118 cm³/mol. The molecule has 0 atom stereocenters. The third-order valence-corrected chi connectivity index (χ3v) is 7.75. The molecule has 1 aromatic heterocycles. The van der Waals surface area contributed by atoms with Crippen molar-refractivity contribution in [2.24, 2.45) is 5.10 Å². The highest BCUT2D eigenvalue weighted by Crippen LogP contribution is 2.28. The summed E-state index contributed by atoms with van der Waals surface area (Å²) in [6, 6.07) is 9.42. The molecule has 1 aromatic carbocycles. The largest absolute Gasteiger partial charge is 0.366 e. The average Bonchev–Trinajstić information content (AvgIpc) is 2.80. The molecule has 0 amide bonds. The van der Waals surface area contributed by atoms with Crippen LogP contribution in [-0.2, 0) is 10.0 Å². The van der Waals surface area contributed by atoms with Gasteiger partial charge >= 0.3 is 0 Å². The zero-order valence-electron chi connectivity index (χ0n) is 16.9. The van der Waals surface area contributed by atoms with Crippen molar-refractivity contribution >= 4 is 33.5 Å². The summed E-state index contributed by atoms with van der Waals surface area (Å²) in [4.78, 5) is 5.46. The van der Waals surface area contributed by atoms with Gasteiger partial charge in [0.05, 0.1) is 25.0 Å². The van der Waals surface area contributed by atoms with Gasteiger partial charge in [-0.15, -0.1) is 0 Å². The molecule has 2 aromatic rings. The van der Waals surface area contributed by atoms with E-state index in [2.05, 4.69) is 15.0 Å². The van der Waals surface area contributed by atoms with Crippen molar-refractivity contribution in [3.8, 4) is 0 Å². The summed E-state index contributed by atoms with van der Waals surface area (Å²) in [7, 11) is -3.50. The van der Waals surface area contributed by atoms with E-state index in [1.807, 2.05) is 41.6 Å². The Balaban J connectivity index is 1.44. The molecule has 0 radical (unpaired) electrons. The number of halogens is 1. The molecular formula is C21H27ClN5O2S+. The third kappa shape index (κ3) is 4.77. The molecule has 2 saturated heterocycles. The second-order valence-electron chi connectivity index (χ2n) is 7.60. The molecule has 0 saturated carbocycles. The zero-order valence-corrected chi connectivity index (χ0v) is 18.4. The highest BCUT2D eigenvalue weighted by atomic mass is 35.5. The lowest BCUT2D eigenvalue weighted by Crippen LogP contribution is -2.45. The number of aromatic amines is 1. The maximum atomic E-state index is 13.2. The molecule has 1 N–H and O–H groups in total. The molecule has 4 rings (SSSR count). The number of sulfonamides is 1. The van der Waals surface area contributed by atoms with Crippen LogP contribution in [0, 0.1) is 0 Å². The van der Waals surface area contributed by atoms with Crippen LogP contribution in [0.4, 0.5) is 5.69 Å². The molecule has 2 fully saturated rings. The van der Waals surface area contributed by atoms with Gasteiger partial charge in [0.15, 0.2) is 17.3 Å². The number of nitrogens with zero attached hydrogens (tertiary/aromatic N) is 4. The lowest BCUT2D eigenvalue weighted by molar-refractivity contribution is -0.380. The second-order valence-corrected chi connectivity index (χ2v) is 9.94. The molecule has 2 aliphatic heterocycles. The first-order chi connectivity index (χ1) is 14.5. The van der Waals surface area contributed by atoms with E-state index in [0.29, 0.717) is 36.1 Å². The van der Waals surface area contributed by atoms with Crippen LogP contribution in [0.25, 0.3) is 0 Å². The van der Waals surface area contributed by atoms with Crippen LogP contribution >= 0.6 is 11.6 Å². The van der Waals surface area contributed by atoms with Gasteiger partial charge in [-0.05, 0) is 30.5 Å². The van der Waals surface area contributed by atoms with Crippen LogP contribution in [-0.4, -0.2) is 63.2 Å². The Kier molecular flexibility index (Phi) is 6.55. The van der Waals surface area contributed by atoms with Crippen molar-refractivity contribution in [3.05, 3.63) is 53.3 Å². The minimum atomic E-state index is -3.50. The van der Waals surface area contributed by atoms with E-state index < -0.39 is 10.0 Å². The zero-order chi connectivity index (χ0) is 21.0. The maximum Gasteiger partial charge on any atom is 0.251 e. The van der Waals surface area contributed by atoms with Crippen LogP contribution in [0.3, 0.4) is 0 Å². The van der Waals surface area contributed by atoms with Crippen molar-refractivity contribution in [1.29, 1.82) is 0 Å². The van der Waals surface area contributed by atoms with Gasteiger partial charge in [0.25, 0.3) is 10.0 Å². The maximum absolute atomic E-state index is 13.2. The molecule has 3 heterocycles. The summed E-state index contributed by atoms with van der Waals surface area (Å²) >= 11 is 5.92. The Morgan fingerprint density at radius 3 is 2.33 bits per heavy atom. The second kappa shape index (κ2) is 9.32. The van der Waals surface area contributed by atoms with Gasteiger partial charge in [-0.3, -0.25) is 5.01 Å². The number of hydrogen-bond donors (Lipinski definition) is 0. The minimum absolute atomic E-state index is 0.366. The molecule has 0 aliphatic carbocycles. The van der Waals surface area contributed by atoms with Crippen molar-refractivity contribution in [3.63, 3.8) is 0 Å². The van der Waals surface area contributed by atoms with Crippen LogP contribution < -0.4 is 9.88 Å². The average molecular weight is 449 g/mol. The Morgan fingerprint density at radius 1 is 0.933 bits per heavy atom. The Hall–Kier alpha value is -2.16. The predicted octanol–water partition coefficient (Wildman–Crippen LogP) is 2.48. The van der Waals surface area contributed by atoms with Gasteiger partial charge < -0.3 is 4.90 Å². The molecule has 0 spiro atoms. The van der Waals surface area contributed by atoms with Gasteiger partial charge in [-0.25, -0.2) is 13.4 Å². The SMILES string of the molecule is O=S(=O)(c1c[nH+]ccc1N1CCN(/N=C\c2ccc(Cl)cc2)CC1)N1CCCCC1. The topological polar surface area (TPSA) is 70.4 Å². The summed E-state index contributed by atoms with van der Waals surface area (Å²) in [6.45, 7) is 4.08. The van der Waals surface area contributed by atoms with E-state index in [9.17, 15) is 8.42 Å². The van der Waals surface area contributed by atoms with E-state index in [1.165, 1.54) is 0 Å². The molecule has 160 valence electrons.